The van der Waals surface area contributed by atoms with Gasteiger partial charge in [-0.3, -0.25) is 0 Å². The molecule has 0 bridgehead atoms. The molecule has 2 heterocycles. The minimum Gasteiger partial charge on any atom is -0.383 e. The number of benzene rings is 2. The first-order chi connectivity index (χ1) is 17.0. The zero-order valence-electron chi connectivity index (χ0n) is 20.3. The van der Waals surface area contributed by atoms with Crippen LogP contribution >= 0.6 is 11.3 Å². The lowest BCUT2D eigenvalue weighted by Crippen LogP contribution is -2.22. The van der Waals surface area contributed by atoms with Gasteiger partial charge in [0.15, 0.2) is 0 Å². The lowest BCUT2D eigenvalue weighted by atomic mass is 10.0. The lowest BCUT2D eigenvalue weighted by Gasteiger charge is -2.14. The van der Waals surface area contributed by atoms with E-state index in [9.17, 15) is 4.79 Å². The molecule has 2 aromatic heterocycles. The third-order valence-electron chi connectivity index (χ3n) is 5.94. The molecule has 4 aromatic rings. The van der Waals surface area contributed by atoms with Crippen LogP contribution in [0.5, 0.6) is 0 Å². The Morgan fingerprint density at radius 3 is 2.54 bits per heavy atom. The van der Waals surface area contributed by atoms with E-state index in [1.165, 1.54) is 0 Å². The third kappa shape index (κ3) is 5.88. The molecule has 35 heavy (non-hydrogen) atoms. The number of hydrogen-bond acceptors (Lipinski definition) is 5. The smallest absolute Gasteiger partial charge is 0.323 e. The van der Waals surface area contributed by atoms with Crippen LogP contribution in [-0.4, -0.2) is 35.5 Å². The number of hydrogen-bond donors (Lipinski definition) is 3. The Bertz CT molecular complexity index is 1340. The number of rotatable bonds is 8. The van der Waals surface area contributed by atoms with Crippen molar-refractivity contribution in [1.29, 1.82) is 0 Å². The highest BCUT2D eigenvalue weighted by molar-refractivity contribution is 7.18. The molecule has 0 aliphatic carbocycles. The summed E-state index contributed by atoms with van der Waals surface area (Å²) in [6, 6.07) is 15.2. The summed E-state index contributed by atoms with van der Waals surface area (Å²) in [5.41, 5.74) is 12.0. The number of nitrogens with one attached hydrogen (secondary N) is 2. The highest BCUT2D eigenvalue weighted by atomic mass is 32.1. The van der Waals surface area contributed by atoms with Gasteiger partial charge < -0.3 is 21.3 Å². The molecule has 0 unspecified atom stereocenters. The first-order valence-electron chi connectivity index (χ1n) is 11.8. The number of nitrogens with zero attached hydrogens (tertiary/aromatic N) is 2. The Hall–Kier alpha value is -3.68. The number of thiophene rings is 1. The average molecular weight is 486 g/mol. The molecule has 0 saturated heterocycles. The van der Waals surface area contributed by atoms with E-state index in [1.807, 2.05) is 61.7 Å². The van der Waals surface area contributed by atoms with Gasteiger partial charge in [0.1, 0.15) is 5.82 Å². The second kappa shape index (κ2) is 11.2. The van der Waals surface area contributed by atoms with E-state index < -0.39 is 0 Å². The quantitative estimate of drug-likeness (QED) is 0.255. The molecule has 6 nitrogen and oxygen atoms in total. The lowest BCUT2D eigenvalue weighted by molar-refractivity contribution is 0.262. The van der Waals surface area contributed by atoms with Crippen LogP contribution in [0.4, 0.5) is 22.0 Å². The maximum atomic E-state index is 12.4. The Balaban J connectivity index is 1.51. The maximum absolute atomic E-state index is 12.4. The van der Waals surface area contributed by atoms with Gasteiger partial charge in [0.05, 0.1) is 0 Å². The summed E-state index contributed by atoms with van der Waals surface area (Å²) in [5.74, 6) is 0.525. The predicted molar refractivity (Wildman–Crippen MR) is 150 cm³/mol. The number of amides is 2. The summed E-state index contributed by atoms with van der Waals surface area (Å²) in [5, 5.41) is 8.84. The third-order valence-corrected chi connectivity index (χ3v) is 6.97. The molecule has 0 radical (unpaired) electrons. The van der Waals surface area contributed by atoms with Crippen molar-refractivity contribution in [2.75, 3.05) is 36.0 Å². The highest BCUT2D eigenvalue weighted by Crippen LogP contribution is 2.39. The van der Waals surface area contributed by atoms with Gasteiger partial charge in [0.25, 0.3) is 0 Å². The average Bonchev–Trinajstić information content (AvgIpc) is 3.30. The van der Waals surface area contributed by atoms with Gasteiger partial charge in [0.2, 0.25) is 0 Å². The summed E-state index contributed by atoms with van der Waals surface area (Å²) in [4.78, 5) is 19.2. The Morgan fingerprint density at radius 1 is 1.09 bits per heavy atom. The normalized spacial score (nSPS) is 11.4. The van der Waals surface area contributed by atoms with Crippen molar-refractivity contribution < 1.29 is 4.79 Å². The Labute approximate surface area is 210 Å². The summed E-state index contributed by atoms with van der Waals surface area (Å²) < 4.78 is 1.13. The van der Waals surface area contributed by atoms with E-state index in [0.29, 0.717) is 11.5 Å². The molecule has 0 fully saturated rings. The number of likely N-dealkylation sites (N-methyl/N-ethyl adjacent to an activating group) is 1. The van der Waals surface area contributed by atoms with Crippen molar-refractivity contribution in [3.63, 3.8) is 0 Å². The molecule has 7 heteroatoms. The van der Waals surface area contributed by atoms with Crippen molar-refractivity contribution >= 4 is 50.7 Å². The highest BCUT2D eigenvalue weighted by Gasteiger charge is 2.13. The van der Waals surface area contributed by atoms with Gasteiger partial charge in [-0.2, -0.15) is 0 Å². The largest absolute Gasteiger partial charge is 0.383 e. The molecular weight excluding hydrogens is 454 g/mol. The molecule has 2 amide bonds. The number of fused-ring (bicyclic) bond motifs is 1. The number of carbonyl (C=O) groups excluding carboxylic acids is 1. The summed E-state index contributed by atoms with van der Waals surface area (Å²) in [6.45, 7) is 9.29. The van der Waals surface area contributed by atoms with Crippen LogP contribution in [0, 0.1) is 6.92 Å². The topological polar surface area (TPSA) is 83.3 Å². The van der Waals surface area contributed by atoms with Crippen molar-refractivity contribution in [3.05, 3.63) is 77.3 Å². The van der Waals surface area contributed by atoms with E-state index in [-0.39, 0.29) is 6.03 Å². The van der Waals surface area contributed by atoms with Crippen LogP contribution in [-0.2, 0) is 0 Å². The minimum absolute atomic E-state index is 0.279. The van der Waals surface area contributed by atoms with Crippen molar-refractivity contribution in [2.24, 2.45) is 0 Å². The van der Waals surface area contributed by atoms with Crippen LogP contribution in [0.15, 0.2) is 66.2 Å². The van der Waals surface area contributed by atoms with E-state index >= 15 is 0 Å². The molecule has 0 spiro atoms. The molecule has 0 saturated carbocycles. The molecule has 0 aliphatic rings. The van der Waals surface area contributed by atoms with E-state index in [4.69, 9.17) is 5.73 Å². The standard InChI is InChI=1S/C28H31N5OS/c1-4-33(5-2)15-7-9-21-17-30-27(29)25-24(18-35-26(21)25)20-11-13-22(14-12-20)31-28(34)32-23-10-6-8-19(3)16-23/h6-14,16-18H,4-5,15H2,1-3H3,(H2,29,30)(H2,31,32,34). The van der Waals surface area contributed by atoms with Crippen LogP contribution < -0.4 is 16.4 Å². The number of aromatic nitrogens is 1. The zero-order valence-corrected chi connectivity index (χ0v) is 21.2. The van der Waals surface area contributed by atoms with Gasteiger partial charge in [-0.05, 0) is 60.8 Å². The van der Waals surface area contributed by atoms with Crippen LogP contribution in [0.1, 0.15) is 25.0 Å². The van der Waals surface area contributed by atoms with Gasteiger partial charge in [0, 0.05) is 45.3 Å². The first kappa shape index (κ1) is 24.4. The maximum Gasteiger partial charge on any atom is 0.323 e. The monoisotopic (exact) mass is 485 g/mol. The van der Waals surface area contributed by atoms with E-state index in [1.54, 1.807) is 11.3 Å². The zero-order chi connectivity index (χ0) is 24.8. The predicted octanol–water partition coefficient (Wildman–Crippen LogP) is 6.85. The second-order valence-electron chi connectivity index (χ2n) is 8.37. The summed E-state index contributed by atoms with van der Waals surface area (Å²) >= 11 is 1.67. The molecule has 2 aromatic carbocycles. The van der Waals surface area contributed by atoms with Gasteiger partial charge >= 0.3 is 6.03 Å². The number of nitrogens with two attached hydrogens (primary N) is 1. The fourth-order valence-electron chi connectivity index (χ4n) is 3.98. The second-order valence-corrected chi connectivity index (χ2v) is 9.25. The van der Waals surface area contributed by atoms with Crippen molar-refractivity contribution in [1.82, 2.24) is 9.88 Å². The summed E-state index contributed by atoms with van der Waals surface area (Å²) in [7, 11) is 0. The number of aryl methyl sites for hydroxylation is 1. The summed E-state index contributed by atoms with van der Waals surface area (Å²) in [6.07, 6.45) is 6.16. The van der Waals surface area contributed by atoms with Gasteiger partial charge in [-0.1, -0.05) is 50.3 Å². The van der Waals surface area contributed by atoms with Crippen LogP contribution in [0.3, 0.4) is 0 Å². The SMILES string of the molecule is CCN(CC)CC=Cc1cnc(N)c2c(-c3ccc(NC(=O)Nc4cccc(C)c4)cc3)csc12. The number of pyridine rings is 1. The van der Waals surface area contributed by atoms with Crippen molar-refractivity contribution in [2.45, 2.75) is 20.8 Å². The molecule has 0 aliphatic heterocycles. The van der Waals surface area contributed by atoms with E-state index in [0.717, 1.165) is 57.7 Å². The van der Waals surface area contributed by atoms with Crippen LogP contribution in [0.25, 0.3) is 27.3 Å². The van der Waals surface area contributed by atoms with Crippen LogP contribution in [0.2, 0.25) is 0 Å². The van der Waals surface area contributed by atoms with Gasteiger partial charge in [-0.25, -0.2) is 9.78 Å². The van der Waals surface area contributed by atoms with E-state index in [2.05, 4.69) is 51.9 Å². The number of anilines is 3. The molecule has 0 atom stereocenters. The number of urea groups is 1. The first-order valence-corrected chi connectivity index (χ1v) is 12.7. The molecular formula is C28H31N5OS. The fraction of sp³-hybridized carbons (Fsp3) is 0.214. The number of carbonyl (C=O) groups is 1. The molecule has 4 rings (SSSR count). The fourth-order valence-corrected chi connectivity index (χ4v) is 5.06. The minimum atomic E-state index is -0.279. The van der Waals surface area contributed by atoms with Crippen molar-refractivity contribution in [3.8, 4) is 11.1 Å². The Morgan fingerprint density at radius 2 is 1.83 bits per heavy atom. The molecule has 180 valence electrons. The number of nitrogen functional groups attached to an aromatic ring is 1. The molecule has 4 N–H and O–H groups in total. The Kier molecular flexibility index (Phi) is 7.80. The van der Waals surface area contributed by atoms with Gasteiger partial charge in [-0.15, -0.1) is 11.3 Å².